The number of hydrogen-bond acceptors (Lipinski definition) is 1. The minimum absolute atomic E-state index is 0.0833. The fourth-order valence-electron chi connectivity index (χ4n) is 3.19. The third kappa shape index (κ3) is 2.15. The summed E-state index contributed by atoms with van der Waals surface area (Å²) >= 11 is 0. The van der Waals surface area contributed by atoms with Gasteiger partial charge < -0.3 is 4.90 Å². The van der Waals surface area contributed by atoms with E-state index >= 15 is 0 Å². The Bertz CT molecular complexity index is 496. The van der Waals surface area contributed by atoms with Crippen molar-refractivity contribution in [1.82, 2.24) is 0 Å². The van der Waals surface area contributed by atoms with E-state index in [0.29, 0.717) is 5.92 Å². The predicted molar refractivity (Wildman–Crippen MR) is 75.9 cm³/mol. The molecule has 0 N–H and O–H groups in total. The van der Waals surface area contributed by atoms with Gasteiger partial charge in [-0.1, -0.05) is 26.7 Å². The van der Waals surface area contributed by atoms with Crippen molar-refractivity contribution in [3.05, 3.63) is 29.6 Å². The molecule has 0 spiro atoms. The van der Waals surface area contributed by atoms with Gasteiger partial charge in [0.15, 0.2) is 0 Å². The van der Waals surface area contributed by atoms with Crippen LogP contribution in [0.5, 0.6) is 0 Å². The van der Waals surface area contributed by atoms with E-state index in [9.17, 15) is 9.18 Å². The molecule has 1 heterocycles. The maximum atomic E-state index is 13.5. The number of carbonyl (C=O) groups is 1. The summed E-state index contributed by atoms with van der Waals surface area (Å²) < 4.78 is 13.5. The lowest BCUT2D eigenvalue weighted by Gasteiger charge is -2.27. The van der Waals surface area contributed by atoms with Crippen molar-refractivity contribution in [1.29, 1.82) is 0 Å². The van der Waals surface area contributed by atoms with Gasteiger partial charge in [0.2, 0.25) is 5.91 Å². The Kier molecular flexibility index (Phi) is 3.66. The fraction of sp³-hybridized carbons (Fsp3) is 0.562. The van der Waals surface area contributed by atoms with Crippen molar-refractivity contribution in [2.75, 3.05) is 11.9 Å². The van der Waals surface area contributed by atoms with Crippen LogP contribution in [0.25, 0.3) is 0 Å². The second-order valence-corrected chi connectivity index (χ2v) is 5.74. The molecule has 0 unspecified atom stereocenters. The van der Waals surface area contributed by atoms with Crippen LogP contribution in [0.15, 0.2) is 18.2 Å². The zero-order valence-corrected chi connectivity index (χ0v) is 12.2. The van der Waals surface area contributed by atoms with Crippen LogP contribution >= 0.6 is 0 Å². The van der Waals surface area contributed by atoms with Gasteiger partial charge in [0.25, 0.3) is 0 Å². The number of likely N-dealkylation sites (N-methyl/N-ethyl adjacent to an activating group) is 1. The third-order valence-electron chi connectivity index (χ3n) is 4.54. The molecule has 1 amide bonds. The maximum absolute atomic E-state index is 13.5. The van der Waals surface area contributed by atoms with Gasteiger partial charge in [-0.3, -0.25) is 4.79 Å². The number of fused-ring (bicyclic) bond motifs is 1. The molecule has 0 fully saturated rings. The van der Waals surface area contributed by atoms with Gasteiger partial charge in [-0.15, -0.1) is 0 Å². The first kappa shape index (κ1) is 14.0. The highest BCUT2D eigenvalue weighted by atomic mass is 19.1. The Hall–Kier alpha value is -1.38. The summed E-state index contributed by atoms with van der Waals surface area (Å²) in [6.45, 7) is 6.25. The summed E-state index contributed by atoms with van der Waals surface area (Å²) in [6, 6.07) is 4.66. The van der Waals surface area contributed by atoms with Crippen LogP contribution in [0.4, 0.5) is 10.1 Å². The SMILES string of the molecule is CCC(CC)C[C@@]1(C)C(=O)N(C)c2ccc(F)cc21. The Morgan fingerprint density at radius 1 is 1.32 bits per heavy atom. The van der Waals surface area contributed by atoms with Gasteiger partial charge in [-0.05, 0) is 43.0 Å². The van der Waals surface area contributed by atoms with Gasteiger partial charge >= 0.3 is 0 Å². The topological polar surface area (TPSA) is 20.3 Å². The van der Waals surface area contributed by atoms with E-state index < -0.39 is 5.41 Å². The second kappa shape index (κ2) is 4.95. The van der Waals surface area contributed by atoms with E-state index in [1.807, 2.05) is 6.92 Å². The quantitative estimate of drug-likeness (QED) is 0.807. The lowest BCUT2D eigenvalue weighted by atomic mass is 9.75. The van der Waals surface area contributed by atoms with E-state index in [4.69, 9.17) is 0 Å². The number of anilines is 1. The predicted octanol–water partition coefficient (Wildman–Crippen LogP) is 3.89. The zero-order valence-electron chi connectivity index (χ0n) is 12.2. The van der Waals surface area contributed by atoms with E-state index in [2.05, 4.69) is 13.8 Å². The summed E-state index contributed by atoms with van der Waals surface area (Å²) in [6.07, 6.45) is 2.89. The fourth-order valence-corrected chi connectivity index (χ4v) is 3.19. The molecular formula is C16H22FNO. The molecule has 0 radical (unpaired) electrons. The van der Waals surface area contributed by atoms with Crippen LogP contribution in [0, 0.1) is 11.7 Å². The normalized spacial score (nSPS) is 22.2. The Labute approximate surface area is 114 Å². The van der Waals surface area contributed by atoms with Crippen LogP contribution < -0.4 is 4.90 Å². The molecule has 1 atom stereocenters. The first-order valence-electron chi connectivity index (χ1n) is 7.02. The molecule has 0 aromatic heterocycles. The van der Waals surface area contributed by atoms with Gasteiger partial charge in [0, 0.05) is 12.7 Å². The monoisotopic (exact) mass is 263 g/mol. The van der Waals surface area contributed by atoms with E-state index in [0.717, 1.165) is 30.5 Å². The van der Waals surface area contributed by atoms with Crippen LogP contribution in [0.1, 0.15) is 45.6 Å². The Balaban J connectivity index is 2.46. The average molecular weight is 263 g/mol. The van der Waals surface area contributed by atoms with Crippen LogP contribution in [-0.2, 0) is 10.2 Å². The zero-order chi connectivity index (χ0) is 14.2. The van der Waals surface area contributed by atoms with Gasteiger partial charge in [0.05, 0.1) is 5.41 Å². The molecule has 2 nitrogen and oxygen atoms in total. The highest BCUT2D eigenvalue weighted by Gasteiger charge is 2.46. The summed E-state index contributed by atoms with van der Waals surface area (Å²) in [4.78, 5) is 14.2. The molecule has 0 saturated heterocycles. The largest absolute Gasteiger partial charge is 0.314 e. The number of nitrogens with zero attached hydrogens (tertiary/aromatic N) is 1. The van der Waals surface area contributed by atoms with Crippen molar-refractivity contribution < 1.29 is 9.18 Å². The first-order valence-corrected chi connectivity index (χ1v) is 7.02. The van der Waals surface area contributed by atoms with Crippen molar-refractivity contribution in [3.63, 3.8) is 0 Å². The van der Waals surface area contributed by atoms with Crippen molar-refractivity contribution in [2.24, 2.45) is 5.92 Å². The average Bonchev–Trinajstić information content (AvgIpc) is 2.59. The smallest absolute Gasteiger partial charge is 0.237 e. The molecule has 1 aromatic carbocycles. The van der Waals surface area contributed by atoms with Crippen molar-refractivity contribution >= 4 is 11.6 Å². The van der Waals surface area contributed by atoms with Gasteiger partial charge in [0.1, 0.15) is 5.82 Å². The Morgan fingerprint density at radius 3 is 2.53 bits per heavy atom. The number of halogens is 1. The molecule has 0 bridgehead atoms. The lowest BCUT2D eigenvalue weighted by Crippen LogP contribution is -2.37. The number of rotatable bonds is 4. The van der Waals surface area contributed by atoms with Crippen LogP contribution in [-0.4, -0.2) is 13.0 Å². The molecule has 2 rings (SSSR count). The number of carbonyl (C=O) groups excluding carboxylic acids is 1. The van der Waals surface area contributed by atoms with Crippen LogP contribution in [0.3, 0.4) is 0 Å². The van der Waals surface area contributed by atoms with E-state index in [-0.39, 0.29) is 11.7 Å². The second-order valence-electron chi connectivity index (χ2n) is 5.74. The molecule has 1 aliphatic heterocycles. The molecular weight excluding hydrogens is 241 g/mol. The summed E-state index contributed by atoms with van der Waals surface area (Å²) in [5, 5.41) is 0. The highest BCUT2D eigenvalue weighted by Crippen LogP contribution is 2.45. The molecule has 1 aliphatic rings. The molecule has 3 heteroatoms. The van der Waals surface area contributed by atoms with Crippen molar-refractivity contribution in [2.45, 2.75) is 45.4 Å². The minimum atomic E-state index is -0.580. The number of benzene rings is 1. The first-order chi connectivity index (χ1) is 8.93. The van der Waals surface area contributed by atoms with Gasteiger partial charge in [-0.25, -0.2) is 4.39 Å². The standard InChI is InChI=1S/C16H22FNO/c1-5-11(6-2)10-16(3)13-9-12(17)7-8-14(13)18(4)15(16)19/h7-9,11H,5-6,10H2,1-4H3/t16-/m1/s1. The summed E-state index contributed by atoms with van der Waals surface area (Å²) in [5.74, 6) is 0.314. The summed E-state index contributed by atoms with van der Waals surface area (Å²) in [5.41, 5.74) is 1.11. The summed E-state index contributed by atoms with van der Waals surface area (Å²) in [7, 11) is 1.78. The molecule has 19 heavy (non-hydrogen) atoms. The highest BCUT2D eigenvalue weighted by molar-refractivity contribution is 6.07. The molecule has 0 saturated carbocycles. The molecule has 104 valence electrons. The number of amides is 1. The Morgan fingerprint density at radius 2 is 1.95 bits per heavy atom. The third-order valence-corrected chi connectivity index (χ3v) is 4.54. The van der Waals surface area contributed by atoms with E-state index in [1.54, 1.807) is 18.0 Å². The molecule has 0 aliphatic carbocycles. The number of hydrogen-bond donors (Lipinski definition) is 0. The van der Waals surface area contributed by atoms with Crippen LogP contribution in [0.2, 0.25) is 0 Å². The van der Waals surface area contributed by atoms with Gasteiger partial charge in [-0.2, -0.15) is 0 Å². The molecule has 1 aromatic rings. The lowest BCUT2D eigenvalue weighted by molar-refractivity contribution is -0.123. The minimum Gasteiger partial charge on any atom is -0.314 e. The van der Waals surface area contributed by atoms with E-state index in [1.165, 1.54) is 12.1 Å². The van der Waals surface area contributed by atoms with Crippen molar-refractivity contribution in [3.8, 4) is 0 Å². The maximum Gasteiger partial charge on any atom is 0.237 e.